The Balaban J connectivity index is 2.49. The number of halogens is 4. The van der Waals surface area contributed by atoms with E-state index >= 15 is 0 Å². The number of ketones is 1. The van der Waals surface area contributed by atoms with Gasteiger partial charge in [-0.05, 0) is 25.8 Å². The molecule has 0 radical (unpaired) electrons. The molecule has 0 heterocycles. The zero-order chi connectivity index (χ0) is 12.6. The van der Waals surface area contributed by atoms with E-state index in [1.807, 2.05) is 0 Å². The average Bonchev–Trinajstić information content (AvgIpc) is 2.15. The van der Waals surface area contributed by atoms with Crippen molar-refractivity contribution < 1.29 is 27.1 Å². The quantitative estimate of drug-likeness (QED) is 0.429. The first kappa shape index (κ1) is 13.0. The Hall–Kier alpha value is -1.07. The molecule has 1 aliphatic carbocycles. The number of carbonyl (C=O) groups excluding carboxylic acids is 1. The molecule has 0 unspecified atom stereocenters. The Morgan fingerprint density at radius 3 is 2.25 bits per heavy atom. The minimum Gasteiger partial charge on any atom is -0.501 e. The number of alkyl halides is 4. The minimum absolute atomic E-state index is 0.256. The summed E-state index contributed by atoms with van der Waals surface area (Å²) in [6.45, 7) is 3.18. The van der Waals surface area contributed by atoms with Gasteiger partial charge in [-0.15, -0.1) is 0 Å². The first-order valence-corrected chi connectivity index (χ1v) is 4.76. The fraction of sp³-hybridized carbons (Fsp3) is 0.700. The summed E-state index contributed by atoms with van der Waals surface area (Å²) in [6.07, 6.45) is 0.756. The molecule has 1 aliphatic rings. The largest absolute Gasteiger partial charge is 0.501 e. The van der Waals surface area contributed by atoms with Crippen LogP contribution >= 0.6 is 0 Å². The highest BCUT2D eigenvalue weighted by Gasteiger charge is 2.76. The Bertz CT molecular complexity index is 301. The number of Topliss-reactive ketones (excluding diaryl/α,β-unsaturated/α-hetero) is 1. The predicted molar refractivity (Wildman–Crippen MR) is 48.4 cm³/mol. The standard InChI is InChI=1S/C10H12F4O2/c1-6(2)5-16-4-3-7-9(11,12)8(15)10(7,13)14/h5,7H,3-4H2,1-2H3. The third kappa shape index (κ3) is 2.05. The van der Waals surface area contributed by atoms with Crippen LogP contribution in [0.25, 0.3) is 0 Å². The molecule has 16 heavy (non-hydrogen) atoms. The zero-order valence-corrected chi connectivity index (χ0v) is 8.90. The van der Waals surface area contributed by atoms with Crippen molar-refractivity contribution in [3.8, 4) is 0 Å². The summed E-state index contributed by atoms with van der Waals surface area (Å²) in [7, 11) is 0. The van der Waals surface area contributed by atoms with Gasteiger partial charge in [0, 0.05) is 0 Å². The average molecular weight is 240 g/mol. The normalized spacial score (nSPS) is 22.5. The van der Waals surface area contributed by atoms with E-state index in [1.54, 1.807) is 13.8 Å². The van der Waals surface area contributed by atoms with Gasteiger partial charge in [0.15, 0.2) is 0 Å². The summed E-state index contributed by atoms with van der Waals surface area (Å²) < 4.78 is 55.9. The van der Waals surface area contributed by atoms with Crippen LogP contribution in [0.3, 0.4) is 0 Å². The van der Waals surface area contributed by atoms with Gasteiger partial charge in [0.2, 0.25) is 0 Å². The third-order valence-electron chi connectivity index (χ3n) is 2.32. The highest BCUT2D eigenvalue weighted by atomic mass is 19.3. The number of rotatable bonds is 4. The van der Waals surface area contributed by atoms with Crippen LogP contribution in [0.1, 0.15) is 20.3 Å². The number of hydrogen-bond donors (Lipinski definition) is 0. The highest BCUT2D eigenvalue weighted by Crippen LogP contribution is 2.52. The van der Waals surface area contributed by atoms with Gasteiger partial charge in [-0.2, -0.15) is 17.6 Å². The van der Waals surface area contributed by atoms with Gasteiger partial charge in [0.05, 0.1) is 12.9 Å². The molecule has 92 valence electrons. The van der Waals surface area contributed by atoms with Gasteiger partial charge in [0.25, 0.3) is 5.78 Å². The molecular weight excluding hydrogens is 228 g/mol. The van der Waals surface area contributed by atoms with Crippen LogP contribution in [0.5, 0.6) is 0 Å². The van der Waals surface area contributed by atoms with E-state index in [1.165, 1.54) is 6.26 Å². The lowest BCUT2D eigenvalue weighted by molar-refractivity contribution is -0.249. The summed E-state index contributed by atoms with van der Waals surface area (Å²) in [5.41, 5.74) is 0.795. The second kappa shape index (κ2) is 4.07. The van der Waals surface area contributed by atoms with Crippen LogP contribution in [-0.2, 0) is 9.53 Å². The number of allylic oxidation sites excluding steroid dienone is 1. The van der Waals surface area contributed by atoms with E-state index in [9.17, 15) is 22.4 Å². The Morgan fingerprint density at radius 2 is 1.81 bits per heavy atom. The molecule has 0 aromatic heterocycles. The molecule has 0 bridgehead atoms. The molecule has 0 aromatic carbocycles. The minimum atomic E-state index is -3.92. The zero-order valence-electron chi connectivity index (χ0n) is 8.90. The van der Waals surface area contributed by atoms with E-state index in [2.05, 4.69) is 0 Å². The van der Waals surface area contributed by atoms with Crippen LogP contribution in [0.2, 0.25) is 0 Å². The molecule has 0 aromatic rings. The molecule has 6 heteroatoms. The first-order valence-electron chi connectivity index (χ1n) is 4.76. The lowest BCUT2D eigenvalue weighted by Crippen LogP contribution is -2.66. The maximum Gasteiger partial charge on any atom is 0.320 e. The van der Waals surface area contributed by atoms with Crippen molar-refractivity contribution in [3.63, 3.8) is 0 Å². The van der Waals surface area contributed by atoms with E-state index in [0.717, 1.165) is 5.57 Å². The van der Waals surface area contributed by atoms with Crippen molar-refractivity contribution in [3.05, 3.63) is 11.8 Å². The SMILES string of the molecule is CC(C)=COCCC1C(F)(F)C(=O)C1(F)F. The predicted octanol–water partition coefficient (Wildman–Crippen LogP) is 2.79. The molecule has 0 spiro atoms. The molecule has 0 saturated heterocycles. The van der Waals surface area contributed by atoms with Crippen LogP contribution in [0.15, 0.2) is 11.8 Å². The molecule has 0 amide bonds. The van der Waals surface area contributed by atoms with E-state index in [-0.39, 0.29) is 6.61 Å². The summed E-state index contributed by atoms with van der Waals surface area (Å²) in [5, 5.41) is 0. The van der Waals surface area contributed by atoms with Gasteiger partial charge >= 0.3 is 11.8 Å². The molecule has 1 fully saturated rings. The van der Waals surface area contributed by atoms with E-state index in [4.69, 9.17) is 4.74 Å². The maximum absolute atomic E-state index is 12.8. The maximum atomic E-state index is 12.8. The second-order valence-corrected chi connectivity index (χ2v) is 3.98. The molecule has 0 aliphatic heterocycles. The Kier molecular flexibility index (Phi) is 3.30. The van der Waals surface area contributed by atoms with Crippen LogP contribution < -0.4 is 0 Å². The molecule has 0 atom stereocenters. The van der Waals surface area contributed by atoms with Crippen molar-refractivity contribution in [1.29, 1.82) is 0 Å². The van der Waals surface area contributed by atoms with Gasteiger partial charge in [0.1, 0.15) is 5.92 Å². The number of ether oxygens (including phenoxy) is 1. The number of carbonyl (C=O) groups is 1. The van der Waals surface area contributed by atoms with Gasteiger partial charge in [-0.3, -0.25) is 4.79 Å². The lowest BCUT2D eigenvalue weighted by atomic mass is 9.73. The van der Waals surface area contributed by atoms with Gasteiger partial charge in [-0.25, -0.2) is 0 Å². The summed E-state index contributed by atoms with van der Waals surface area (Å²) in [6, 6.07) is 0. The van der Waals surface area contributed by atoms with Gasteiger partial charge in [-0.1, -0.05) is 0 Å². The molecule has 0 N–H and O–H groups in total. The fourth-order valence-corrected chi connectivity index (χ4v) is 1.46. The third-order valence-corrected chi connectivity index (χ3v) is 2.32. The number of hydrogen-bond acceptors (Lipinski definition) is 2. The van der Waals surface area contributed by atoms with Crippen molar-refractivity contribution in [2.45, 2.75) is 32.1 Å². The Labute approximate surface area is 90.3 Å². The van der Waals surface area contributed by atoms with Crippen molar-refractivity contribution in [1.82, 2.24) is 0 Å². The molecule has 2 nitrogen and oxygen atoms in total. The van der Waals surface area contributed by atoms with Crippen LogP contribution in [-0.4, -0.2) is 24.2 Å². The van der Waals surface area contributed by atoms with Gasteiger partial charge < -0.3 is 4.74 Å². The van der Waals surface area contributed by atoms with Crippen molar-refractivity contribution >= 4 is 5.78 Å². The highest BCUT2D eigenvalue weighted by molar-refractivity contribution is 5.99. The lowest BCUT2D eigenvalue weighted by Gasteiger charge is -2.41. The molecule has 1 saturated carbocycles. The van der Waals surface area contributed by atoms with E-state index < -0.39 is 30.0 Å². The van der Waals surface area contributed by atoms with Crippen molar-refractivity contribution in [2.24, 2.45) is 5.92 Å². The summed E-state index contributed by atoms with van der Waals surface area (Å²) in [4.78, 5) is 10.4. The summed E-state index contributed by atoms with van der Waals surface area (Å²) >= 11 is 0. The fourth-order valence-electron chi connectivity index (χ4n) is 1.46. The smallest absolute Gasteiger partial charge is 0.320 e. The Morgan fingerprint density at radius 1 is 1.31 bits per heavy atom. The first-order chi connectivity index (χ1) is 7.20. The second-order valence-electron chi connectivity index (χ2n) is 3.98. The topological polar surface area (TPSA) is 26.3 Å². The van der Waals surface area contributed by atoms with Crippen molar-refractivity contribution in [2.75, 3.05) is 6.61 Å². The van der Waals surface area contributed by atoms with Crippen LogP contribution in [0, 0.1) is 5.92 Å². The molecule has 1 rings (SSSR count). The monoisotopic (exact) mass is 240 g/mol. The summed E-state index contributed by atoms with van der Waals surface area (Å²) in [5.74, 6) is -12.4. The van der Waals surface area contributed by atoms with Crippen LogP contribution in [0.4, 0.5) is 17.6 Å². The molecular formula is C10H12F4O2. The van der Waals surface area contributed by atoms with E-state index in [0.29, 0.717) is 0 Å².